The number of thiophene rings is 1. The molecule has 0 saturated heterocycles. The van der Waals surface area contributed by atoms with Gasteiger partial charge in [0.15, 0.2) is 0 Å². The molecule has 2 aromatic rings. The Labute approximate surface area is 178 Å². The van der Waals surface area contributed by atoms with Crippen molar-refractivity contribution in [1.29, 1.82) is 0 Å². The molecule has 0 unspecified atom stereocenters. The lowest BCUT2D eigenvalue weighted by atomic mass is 9.92. The van der Waals surface area contributed by atoms with Gasteiger partial charge in [0.1, 0.15) is 6.54 Å². The second-order valence-electron chi connectivity index (χ2n) is 8.89. The van der Waals surface area contributed by atoms with Gasteiger partial charge >= 0.3 is 0 Å². The summed E-state index contributed by atoms with van der Waals surface area (Å²) in [5.41, 5.74) is 1.83. The van der Waals surface area contributed by atoms with Gasteiger partial charge in [0.25, 0.3) is 0 Å². The summed E-state index contributed by atoms with van der Waals surface area (Å²) in [6.45, 7) is 10.7. The SMILES string of the molecule is CC[C@H](C)N(CC(=O)N1CCc2sccc2[C@H]1c1ccccc1)C(=O)C(C)(C)C. The summed E-state index contributed by atoms with van der Waals surface area (Å²) in [6.07, 6.45) is 1.70. The number of amides is 2. The second-order valence-corrected chi connectivity index (χ2v) is 9.89. The number of benzene rings is 1. The quantitative estimate of drug-likeness (QED) is 0.701. The molecule has 3 rings (SSSR count). The lowest BCUT2D eigenvalue weighted by Crippen LogP contribution is -2.51. The van der Waals surface area contributed by atoms with Gasteiger partial charge in [-0.15, -0.1) is 11.3 Å². The van der Waals surface area contributed by atoms with Crippen LogP contribution in [0.2, 0.25) is 0 Å². The molecule has 0 spiro atoms. The Morgan fingerprint density at radius 2 is 1.90 bits per heavy atom. The number of fused-ring (bicyclic) bond motifs is 1. The lowest BCUT2D eigenvalue weighted by Gasteiger charge is -2.39. The van der Waals surface area contributed by atoms with Crippen molar-refractivity contribution in [1.82, 2.24) is 9.80 Å². The zero-order chi connectivity index (χ0) is 21.2. The van der Waals surface area contributed by atoms with E-state index in [1.54, 1.807) is 16.2 Å². The third-order valence-electron chi connectivity index (χ3n) is 5.73. The first-order valence-electron chi connectivity index (χ1n) is 10.5. The van der Waals surface area contributed by atoms with Crippen LogP contribution in [-0.4, -0.2) is 40.7 Å². The second kappa shape index (κ2) is 8.70. The summed E-state index contributed by atoms with van der Waals surface area (Å²) in [4.78, 5) is 31.7. The number of carbonyl (C=O) groups excluding carboxylic acids is 2. The fourth-order valence-electron chi connectivity index (χ4n) is 3.90. The van der Waals surface area contributed by atoms with E-state index in [0.717, 1.165) is 18.4 Å². The minimum Gasteiger partial charge on any atom is -0.330 e. The van der Waals surface area contributed by atoms with Gasteiger partial charge in [-0.3, -0.25) is 9.59 Å². The summed E-state index contributed by atoms with van der Waals surface area (Å²) < 4.78 is 0. The minimum atomic E-state index is -0.509. The van der Waals surface area contributed by atoms with E-state index in [-0.39, 0.29) is 30.4 Å². The highest BCUT2D eigenvalue weighted by atomic mass is 32.1. The number of rotatable bonds is 5. The summed E-state index contributed by atoms with van der Waals surface area (Å²) in [5, 5.41) is 2.11. The minimum absolute atomic E-state index is 0.0219. The molecule has 1 aromatic heterocycles. The first-order chi connectivity index (χ1) is 13.7. The van der Waals surface area contributed by atoms with E-state index < -0.39 is 5.41 Å². The van der Waals surface area contributed by atoms with E-state index in [1.807, 2.05) is 50.8 Å². The highest BCUT2D eigenvalue weighted by Gasteiger charge is 2.36. The third-order valence-corrected chi connectivity index (χ3v) is 6.73. The predicted molar refractivity (Wildman–Crippen MR) is 119 cm³/mol. The maximum atomic E-state index is 13.5. The van der Waals surface area contributed by atoms with Gasteiger partial charge in [0.2, 0.25) is 11.8 Å². The van der Waals surface area contributed by atoms with Crippen LogP contribution in [0.15, 0.2) is 41.8 Å². The Balaban J connectivity index is 1.91. The molecule has 1 aliphatic heterocycles. The highest BCUT2D eigenvalue weighted by molar-refractivity contribution is 7.10. The van der Waals surface area contributed by atoms with Gasteiger partial charge in [0, 0.05) is 22.9 Å². The Kier molecular flexibility index (Phi) is 6.47. The third kappa shape index (κ3) is 4.55. The van der Waals surface area contributed by atoms with Crippen LogP contribution in [0.25, 0.3) is 0 Å². The normalized spacial score (nSPS) is 17.6. The van der Waals surface area contributed by atoms with Crippen molar-refractivity contribution in [3.8, 4) is 0 Å². The molecule has 0 fully saturated rings. The van der Waals surface area contributed by atoms with Crippen LogP contribution in [0.5, 0.6) is 0 Å². The molecule has 0 bridgehead atoms. The molecule has 156 valence electrons. The molecule has 0 aliphatic carbocycles. The Hall–Kier alpha value is -2.14. The average Bonchev–Trinajstić information content (AvgIpc) is 3.18. The van der Waals surface area contributed by atoms with Crippen LogP contribution in [0, 0.1) is 5.41 Å². The van der Waals surface area contributed by atoms with Gasteiger partial charge in [-0.05, 0) is 42.3 Å². The van der Waals surface area contributed by atoms with Crippen molar-refractivity contribution < 1.29 is 9.59 Å². The van der Waals surface area contributed by atoms with Gasteiger partial charge in [-0.1, -0.05) is 58.0 Å². The van der Waals surface area contributed by atoms with Crippen LogP contribution in [0.3, 0.4) is 0 Å². The maximum absolute atomic E-state index is 13.5. The Morgan fingerprint density at radius 1 is 1.21 bits per heavy atom. The molecule has 2 heterocycles. The van der Waals surface area contributed by atoms with E-state index in [9.17, 15) is 9.59 Å². The van der Waals surface area contributed by atoms with Crippen molar-refractivity contribution in [3.05, 3.63) is 57.8 Å². The van der Waals surface area contributed by atoms with Crippen LogP contribution in [-0.2, 0) is 16.0 Å². The van der Waals surface area contributed by atoms with Gasteiger partial charge < -0.3 is 9.80 Å². The molecule has 2 amide bonds. The topological polar surface area (TPSA) is 40.6 Å². The van der Waals surface area contributed by atoms with Gasteiger partial charge in [-0.25, -0.2) is 0 Å². The van der Waals surface area contributed by atoms with E-state index in [0.29, 0.717) is 6.54 Å². The molecule has 0 N–H and O–H groups in total. The fraction of sp³-hybridized carbons (Fsp3) is 0.500. The lowest BCUT2D eigenvalue weighted by molar-refractivity contribution is -0.148. The maximum Gasteiger partial charge on any atom is 0.243 e. The van der Waals surface area contributed by atoms with Gasteiger partial charge in [-0.2, -0.15) is 0 Å². The van der Waals surface area contributed by atoms with Gasteiger partial charge in [0.05, 0.1) is 6.04 Å². The fourth-order valence-corrected chi connectivity index (χ4v) is 4.80. The summed E-state index contributed by atoms with van der Waals surface area (Å²) in [6, 6.07) is 12.3. The largest absolute Gasteiger partial charge is 0.330 e. The number of carbonyl (C=O) groups is 2. The Morgan fingerprint density at radius 3 is 2.52 bits per heavy atom. The average molecular weight is 413 g/mol. The van der Waals surface area contributed by atoms with E-state index in [1.165, 1.54) is 10.4 Å². The Bertz CT molecular complexity index is 853. The first kappa shape index (κ1) is 21.6. The molecule has 29 heavy (non-hydrogen) atoms. The monoisotopic (exact) mass is 412 g/mol. The predicted octanol–water partition coefficient (Wildman–Crippen LogP) is 4.90. The van der Waals surface area contributed by atoms with Crippen molar-refractivity contribution >= 4 is 23.2 Å². The summed E-state index contributed by atoms with van der Waals surface area (Å²) >= 11 is 1.77. The van der Waals surface area contributed by atoms with E-state index in [4.69, 9.17) is 0 Å². The van der Waals surface area contributed by atoms with Crippen LogP contribution in [0.1, 0.15) is 63.1 Å². The highest BCUT2D eigenvalue weighted by Crippen LogP contribution is 2.38. The van der Waals surface area contributed by atoms with Crippen molar-refractivity contribution in [3.63, 3.8) is 0 Å². The molecular weight excluding hydrogens is 380 g/mol. The van der Waals surface area contributed by atoms with Crippen molar-refractivity contribution in [2.45, 2.75) is 59.5 Å². The molecule has 2 atom stereocenters. The molecule has 1 aromatic carbocycles. The standard InChI is InChI=1S/C24H32N2O2S/c1-6-17(2)26(23(28)24(3,4)5)16-21(27)25-14-12-20-19(13-15-29-20)22(25)18-10-8-7-9-11-18/h7-11,13,15,17,22H,6,12,14,16H2,1-5H3/t17-,22+/m0/s1. The van der Waals surface area contributed by atoms with E-state index in [2.05, 4.69) is 30.5 Å². The zero-order valence-corrected chi connectivity index (χ0v) is 19.0. The summed E-state index contributed by atoms with van der Waals surface area (Å²) in [7, 11) is 0. The van der Waals surface area contributed by atoms with Crippen LogP contribution in [0.4, 0.5) is 0 Å². The molecule has 1 aliphatic rings. The number of nitrogens with zero attached hydrogens (tertiary/aromatic N) is 2. The van der Waals surface area contributed by atoms with Crippen LogP contribution >= 0.6 is 11.3 Å². The molecular formula is C24H32N2O2S. The number of hydrogen-bond acceptors (Lipinski definition) is 3. The van der Waals surface area contributed by atoms with Crippen LogP contribution < -0.4 is 0 Å². The molecule has 0 radical (unpaired) electrons. The molecule has 4 nitrogen and oxygen atoms in total. The molecule has 0 saturated carbocycles. The summed E-state index contributed by atoms with van der Waals surface area (Å²) in [5.74, 6) is 0.0540. The van der Waals surface area contributed by atoms with E-state index >= 15 is 0 Å². The van der Waals surface area contributed by atoms with Crippen molar-refractivity contribution in [2.75, 3.05) is 13.1 Å². The smallest absolute Gasteiger partial charge is 0.243 e. The zero-order valence-electron chi connectivity index (χ0n) is 18.1. The first-order valence-corrected chi connectivity index (χ1v) is 11.3. The number of hydrogen-bond donors (Lipinski definition) is 0. The molecule has 5 heteroatoms. The van der Waals surface area contributed by atoms with Crippen molar-refractivity contribution in [2.24, 2.45) is 5.41 Å².